The summed E-state index contributed by atoms with van der Waals surface area (Å²) in [6.45, 7) is 1.27. The van der Waals surface area contributed by atoms with Crippen molar-refractivity contribution in [3.05, 3.63) is 0 Å². The van der Waals surface area contributed by atoms with Crippen LogP contribution in [0.1, 0.15) is 38.5 Å². The van der Waals surface area contributed by atoms with Gasteiger partial charge in [0.25, 0.3) is 0 Å². The van der Waals surface area contributed by atoms with Gasteiger partial charge in [-0.3, -0.25) is 0 Å². The molecule has 4 atom stereocenters. The van der Waals surface area contributed by atoms with Crippen molar-refractivity contribution < 1.29 is 18.9 Å². The Morgan fingerprint density at radius 3 is 1.69 bits per heavy atom. The molecule has 4 nitrogen and oxygen atoms in total. The maximum Gasteiger partial charge on any atom is 0.195 e. The van der Waals surface area contributed by atoms with Gasteiger partial charge in [-0.1, -0.05) is 0 Å². The highest BCUT2D eigenvalue weighted by Gasteiger charge is 2.62. The zero-order chi connectivity index (χ0) is 10.6. The average molecular weight is 226 g/mol. The van der Waals surface area contributed by atoms with Gasteiger partial charge in [0.2, 0.25) is 0 Å². The lowest BCUT2D eigenvalue weighted by atomic mass is 10.3. The van der Waals surface area contributed by atoms with E-state index in [1.165, 1.54) is 12.8 Å². The monoisotopic (exact) mass is 226 g/mol. The first-order valence-electron chi connectivity index (χ1n) is 6.47. The molecular weight excluding hydrogens is 208 g/mol. The third-order valence-electron chi connectivity index (χ3n) is 4.31. The fourth-order valence-electron chi connectivity index (χ4n) is 3.31. The zero-order valence-electron chi connectivity index (χ0n) is 9.44. The van der Waals surface area contributed by atoms with Gasteiger partial charge >= 0.3 is 0 Å². The van der Waals surface area contributed by atoms with E-state index in [2.05, 4.69) is 0 Å². The van der Waals surface area contributed by atoms with E-state index in [4.69, 9.17) is 18.9 Å². The summed E-state index contributed by atoms with van der Waals surface area (Å²) in [4.78, 5) is 0. The SMILES string of the molecule is C1CC2OC2(OCCOC23CCCC2O3)C1. The van der Waals surface area contributed by atoms with Crippen LogP contribution in [-0.4, -0.2) is 37.0 Å². The molecule has 4 heteroatoms. The molecule has 0 spiro atoms. The summed E-state index contributed by atoms with van der Waals surface area (Å²) in [7, 11) is 0. The molecule has 0 amide bonds. The average Bonchev–Trinajstić information content (AvgIpc) is 3.08. The molecule has 0 N–H and O–H groups in total. The number of hydrogen-bond acceptors (Lipinski definition) is 4. The first kappa shape index (κ1) is 9.83. The number of epoxide rings is 2. The number of fused-ring (bicyclic) bond motifs is 2. The number of rotatable bonds is 5. The van der Waals surface area contributed by atoms with Crippen LogP contribution in [0.3, 0.4) is 0 Å². The van der Waals surface area contributed by atoms with Gasteiger partial charge in [-0.05, 0) is 25.7 Å². The van der Waals surface area contributed by atoms with Crippen molar-refractivity contribution in [1.29, 1.82) is 0 Å². The fraction of sp³-hybridized carbons (Fsp3) is 1.00. The van der Waals surface area contributed by atoms with Gasteiger partial charge < -0.3 is 18.9 Å². The molecule has 0 aromatic rings. The Labute approximate surface area is 95.2 Å². The highest BCUT2D eigenvalue weighted by Crippen LogP contribution is 2.52. The van der Waals surface area contributed by atoms with Gasteiger partial charge in [-0.2, -0.15) is 0 Å². The number of hydrogen-bond donors (Lipinski definition) is 0. The lowest BCUT2D eigenvalue weighted by molar-refractivity contribution is -0.105. The van der Waals surface area contributed by atoms with Crippen LogP contribution in [0.2, 0.25) is 0 Å². The molecule has 4 fully saturated rings. The minimum Gasteiger partial charge on any atom is -0.345 e. The molecule has 2 aliphatic carbocycles. The Morgan fingerprint density at radius 2 is 1.38 bits per heavy atom. The van der Waals surface area contributed by atoms with Crippen LogP contribution >= 0.6 is 0 Å². The predicted octanol–water partition coefficient (Wildman–Crippen LogP) is 1.58. The molecule has 2 aliphatic heterocycles. The Balaban J connectivity index is 1.20. The molecule has 90 valence electrons. The highest BCUT2D eigenvalue weighted by atomic mass is 16.8. The number of ether oxygens (including phenoxy) is 4. The Hall–Kier alpha value is -0.160. The molecule has 2 saturated heterocycles. The summed E-state index contributed by atoms with van der Waals surface area (Å²) in [5.74, 6) is -0.416. The molecule has 4 aliphatic rings. The standard InChI is InChI=1S/C12H18O4/c1-3-9-11(5-1,15-9)13-7-8-14-12-6-2-4-10(12)16-12/h9-10H,1-8H2. The molecular formula is C12H18O4. The molecule has 4 rings (SSSR count). The first-order valence-corrected chi connectivity index (χ1v) is 6.47. The van der Waals surface area contributed by atoms with Crippen LogP contribution in [0.15, 0.2) is 0 Å². The van der Waals surface area contributed by atoms with Gasteiger partial charge in [0.15, 0.2) is 11.6 Å². The summed E-state index contributed by atoms with van der Waals surface area (Å²) in [6, 6.07) is 0. The molecule has 2 saturated carbocycles. The third-order valence-corrected chi connectivity index (χ3v) is 4.31. The van der Waals surface area contributed by atoms with E-state index in [1.807, 2.05) is 0 Å². The molecule has 0 bridgehead atoms. The largest absolute Gasteiger partial charge is 0.345 e. The van der Waals surface area contributed by atoms with Crippen LogP contribution in [0.4, 0.5) is 0 Å². The smallest absolute Gasteiger partial charge is 0.195 e. The molecule has 0 aromatic heterocycles. The normalized spacial score (nSPS) is 52.5. The highest BCUT2D eigenvalue weighted by molar-refractivity contribution is 5.01. The van der Waals surface area contributed by atoms with Crippen molar-refractivity contribution >= 4 is 0 Å². The molecule has 0 aromatic carbocycles. The summed E-state index contributed by atoms with van der Waals surface area (Å²) in [5, 5.41) is 0. The second-order valence-electron chi connectivity index (χ2n) is 5.32. The summed E-state index contributed by atoms with van der Waals surface area (Å²) >= 11 is 0. The van der Waals surface area contributed by atoms with Crippen molar-refractivity contribution in [1.82, 2.24) is 0 Å². The molecule has 4 unspecified atom stereocenters. The van der Waals surface area contributed by atoms with E-state index in [0.29, 0.717) is 25.4 Å². The van der Waals surface area contributed by atoms with E-state index in [0.717, 1.165) is 25.7 Å². The van der Waals surface area contributed by atoms with Gasteiger partial charge in [0.05, 0.1) is 13.2 Å². The fourth-order valence-corrected chi connectivity index (χ4v) is 3.31. The minimum absolute atomic E-state index is 0.208. The van der Waals surface area contributed by atoms with Crippen LogP contribution in [-0.2, 0) is 18.9 Å². The molecule has 16 heavy (non-hydrogen) atoms. The lowest BCUT2D eigenvalue weighted by Gasteiger charge is -2.13. The van der Waals surface area contributed by atoms with E-state index < -0.39 is 0 Å². The Morgan fingerprint density at radius 1 is 0.875 bits per heavy atom. The topological polar surface area (TPSA) is 43.5 Å². The minimum atomic E-state index is -0.208. The first-order chi connectivity index (χ1) is 7.83. The van der Waals surface area contributed by atoms with Crippen molar-refractivity contribution in [2.24, 2.45) is 0 Å². The molecule has 0 radical (unpaired) electrons. The van der Waals surface area contributed by atoms with E-state index in [1.54, 1.807) is 0 Å². The molecule has 2 heterocycles. The maximum absolute atomic E-state index is 5.79. The Bertz CT molecular complexity index is 277. The summed E-state index contributed by atoms with van der Waals surface area (Å²) in [6.07, 6.45) is 7.67. The van der Waals surface area contributed by atoms with Gasteiger partial charge in [-0.15, -0.1) is 0 Å². The second-order valence-corrected chi connectivity index (χ2v) is 5.32. The quantitative estimate of drug-likeness (QED) is 0.527. The van der Waals surface area contributed by atoms with Gasteiger partial charge in [-0.25, -0.2) is 0 Å². The zero-order valence-corrected chi connectivity index (χ0v) is 9.44. The van der Waals surface area contributed by atoms with Crippen LogP contribution in [0, 0.1) is 0 Å². The van der Waals surface area contributed by atoms with Crippen molar-refractivity contribution in [2.45, 2.75) is 62.3 Å². The summed E-state index contributed by atoms with van der Waals surface area (Å²) < 4.78 is 22.6. The maximum atomic E-state index is 5.79. The second kappa shape index (κ2) is 3.19. The predicted molar refractivity (Wildman–Crippen MR) is 54.8 cm³/mol. The van der Waals surface area contributed by atoms with Crippen molar-refractivity contribution in [2.75, 3.05) is 13.2 Å². The van der Waals surface area contributed by atoms with Crippen molar-refractivity contribution in [3.63, 3.8) is 0 Å². The van der Waals surface area contributed by atoms with Crippen LogP contribution in [0.5, 0.6) is 0 Å². The van der Waals surface area contributed by atoms with E-state index in [9.17, 15) is 0 Å². The van der Waals surface area contributed by atoms with Crippen LogP contribution in [0.25, 0.3) is 0 Å². The van der Waals surface area contributed by atoms with Gasteiger partial charge in [0, 0.05) is 12.8 Å². The lowest BCUT2D eigenvalue weighted by Crippen LogP contribution is -2.23. The van der Waals surface area contributed by atoms with Crippen molar-refractivity contribution in [3.8, 4) is 0 Å². The van der Waals surface area contributed by atoms with E-state index in [-0.39, 0.29) is 11.6 Å². The van der Waals surface area contributed by atoms with Gasteiger partial charge in [0.1, 0.15) is 12.2 Å². The van der Waals surface area contributed by atoms with E-state index >= 15 is 0 Å². The third kappa shape index (κ3) is 1.37. The summed E-state index contributed by atoms with van der Waals surface area (Å²) in [5.41, 5.74) is 0. The Kier molecular flexibility index (Phi) is 1.96. The van der Waals surface area contributed by atoms with Crippen LogP contribution < -0.4 is 0 Å².